The van der Waals surface area contributed by atoms with Gasteiger partial charge in [-0.1, -0.05) is 44.0 Å². The van der Waals surface area contributed by atoms with Crippen molar-refractivity contribution in [3.63, 3.8) is 0 Å². The molecule has 2 aliphatic rings. The maximum absolute atomic E-state index is 13.5. The van der Waals surface area contributed by atoms with Gasteiger partial charge in [0.25, 0.3) is 23.4 Å². The number of alkyl halides is 2. The number of non-ortho nitro benzene ring substituents is 1. The molecule has 188 valence electrons. The predicted octanol–water partition coefficient (Wildman–Crippen LogP) is 3.77. The monoisotopic (exact) mass is 621 g/mol. The molecule has 1 aliphatic heterocycles. The number of hydrogen-bond acceptors (Lipinski definition) is 7. The van der Waals surface area contributed by atoms with Crippen molar-refractivity contribution in [2.75, 3.05) is 13.7 Å². The maximum Gasteiger partial charge on any atom is 0.273 e. The van der Waals surface area contributed by atoms with E-state index in [1.807, 2.05) is 0 Å². The summed E-state index contributed by atoms with van der Waals surface area (Å²) in [6, 6.07) is 11.0. The number of nitro benzene ring substituents is 1. The molecular weight excluding hydrogens is 602 g/mol. The zero-order chi connectivity index (χ0) is 26.1. The standard InChI is InChI=1S/C24H21Br2N3O7/c1-36-16-4-2-3-14(9-16)21(30)12-27(22(31)13-5-7-15(8-6-13)29(34)35)28-23(32)17-10-19(25)20(26)11-18(17)24(28)33/h2-9,17-20H,10-12H2,1H3/t17-,18+,19+,20-. The number of benzene rings is 2. The Morgan fingerprint density at radius 1 is 1.03 bits per heavy atom. The van der Waals surface area contributed by atoms with Gasteiger partial charge in [-0.15, -0.1) is 0 Å². The van der Waals surface area contributed by atoms with E-state index in [-0.39, 0.29) is 26.5 Å². The molecule has 4 atom stereocenters. The molecule has 2 aromatic carbocycles. The quantitative estimate of drug-likeness (QED) is 0.151. The van der Waals surface area contributed by atoms with Crippen LogP contribution in [0.25, 0.3) is 0 Å². The Bertz CT molecular complexity index is 1210. The average molecular weight is 623 g/mol. The molecule has 0 spiro atoms. The van der Waals surface area contributed by atoms with Crippen LogP contribution in [0.3, 0.4) is 0 Å². The molecular formula is C24H21Br2N3O7. The Kier molecular flexibility index (Phi) is 7.55. The number of Topliss-reactive ketones (excluding diaryl/α,β-unsaturated/α-hetero) is 1. The first-order valence-corrected chi connectivity index (χ1v) is 12.8. The van der Waals surface area contributed by atoms with Gasteiger partial charge in [-0.05, 0) is 37.1 Å². The summed E-state index contributed by atoms with van der Waals surface area (Å²) in [4.78, 5) is 63.9. The van der Waals surface area contributed by atoms with Crippen molar-refractivity contribution >= 4 is 61.1 Å². The van der Waals surface area contributed by atoms with Gasteiger partial charge in [-0.3, -0.25) is 29.3 Å². The number of carbonyl (C=O) groups is 4. The van der Waals surface area contributed by atoms with E-state index in [4.69, 9.17) is 4.74 Å². The lowest BCUT2D eigenvalue weighted by Gasteiger charge is -2.30. The Hall–Kier alpha value is -3.12. The van der Waals surface area contributed by atoms with E-state index in [9.17, 15) is 29.3 Å². The number of methoxy groups -OCH3 is 1. The van der Waals surface area contributed by atoms with E-state index in [2.05, 4.69) is 31.9 Å². The summed E-state index contributed by atoms with van der Waals surface area (Å²) in [5.41, 5.74) is -0.00344. The van der Waals surface area contributed by atoms with Crippen LogP contribution in [0.4, 0.5) is 5.69 Å². The molecule has 1 heterocycles. The highest BCUT2D eigenvalue weighted by Gasteiger charge is 2.54. The van der Waals surface area contributed by atoms with E-state index in [0.29, 0.717) is 18.6 Å². The van der Waals surface area contributed by atoms with Crippen LogP contribution in [-0.2, 0) is 9.59 Å². The molecule has 0 aromatic heterocycles. The van der Waals surface area contributed by atoms with Gasteiger partial charge >= 0.3 is 0 Å². The molecule has 0 bridgehead atoms. The number of hydrazine groups is 1. The highest BCUT2D eigenvalue weighted by molar-refractivity contribution is 9.12. The topological polar surface area (TPSA) is 127 Å². The number of halogens is 2. The second-order valence-corrected chi connectivity index (χ2v) is 10.9. The molecule has 4 rings (SSSR count). The number of rotatable bonds is 7. The van der Waals surface area contributed by atoms with Crippen LogP contribution in [0.2, 0.25) is 0 Å². The van der Waals surface area contributed by atoms with Gasteiger partial charge in [0.15, 0.2) is 5.78 Å². The molecule has 10 nitrogen and oxygen atoms in total. The van der Waals surface area contributed by atoms with Gasteiger partial charge in [-0.2, -0.15) is 5.01 Å². The molecule has 1 saturated heterocycles. The van der Waals surface area contributed by atoms with Gasteiger partial charge in [0, 0.05) is 32.9 Å². The summed E-state index contributed by atoms with van der Waals surface area (Å²) < 4.78 is 5.16. The molecule has 36 heavy (non-hydrogen) atoms. The van der Waals surface area contributed by atoms with Crippen molar-refractivity contribution in [3.8, 4) is 5.75 Å². The second kappa shape index (κ2) is 10.5. The van der Waals surface area contributed by atoms with Crippen molar-refractivity contribution in [2.24, 2.45) is 11.8 Å². The highest BCUT2D eigenvalue weighted by Crippen LogP contribution is 2.43. The summed E-state index contributed by atoms with van der Waals surface area (Å²) in [6.45, 7) is -0.588. The molecule has 2 aromatic rings. The third kappa shape index (κ3) is 4.92. The number of carbonyl (C=O) groups excluding carboxylic acids is 4. The van der Waals surface area contributed by atoms with E-state index in [1.165, 1.54) is 31.4 Å². The number of amides is 3. The average Bonchev–Trinajstić information content (AvgIpc) is 3.11. The van der Waals surface area contributed by atoms with Crippen molar-refractivity contribution in [1.29, 1.82) is 0 Å². The highest BCUT2D eigenvalue weighted by atomic mass is 79.9. The Balaban J connectivity index is 1.70. The van der Waals surface area contributed by atoms with Gasteiger partial charge in [0.05, 0.1) is 23.9 Å². The minimum atomic E-state index is -0.799. The Morgan fingerprint density at radius 2 is 1.61 bits per heavy atom. The number of nitrogens with zero attached hydrogens (tertiary/aromatic N) is 3. The summed E-state index contributed by atoms with van der Waals surface area (Å²) in [7, 11) is 1.45. The maximum atomic E-state index is 13.5. The number of fused-ring (bicyclic) bond motifs is 1. The molecule has 12 heteroatoms. The van der Waals surface area contributed by atoms with E-state index < -0.39 is 46.8 Å². The SMILES string of the molecule is COc1cccc(C(=O)CN(C(=O)c2ccc([N+](=O)[O-])cc2)N2C(=O)[C@H]3C[C@@H](Br)[C@@H](Br)C[C@H]3C2=O)c1. The smallest absolute Gasteiger partial charge is 0.273 e. The fourth-order valence-corrected chi connectivity index (χ4v) is 5.68. The number of imide groups is 1. The van der Waals surface area contributed by atoms with E-state index in [1.54, 1.807) is 12.1 Å². The fourth-order valence-electron chi connectivity index (χ4n) is 4.45. The van der Waals surface area contributed by atoms with E-state index >= 15 is 0 Å². The van der Waals surface area contributed by atoms with Crippen molar-refractivity contribution < 1.29 is 28.8 Å². The lowest BCUT2D eigenvalue weighted by Crippen LogP contribution is -2.52. The minimum absolute atomic E-state index is 0.00810. The van der Waals surface area contributed by atoms with Crippen LogP contribution in [0, 0.1) is 22.0 Å². The first kappa shape index (κ1) is 26.0. The molecule has 3 amide bonds. The normalized spacial score (nSPS) is 23.2. The van der Waals surface area contributed by atoms with Crippen molar-refractivity contribution in [2.45, 2.75) is 22.5 Å². The van der Waals surface area contributed by atoms with Gasteiger partial charge in [0.2, 0.25) is 0 Å². The van der Waals surface area contributed by atoms with Crippen LogP contribution in [-0.4, -0.2) is 61.8 Å². The first-order valence-electron chi connectivity index (χ1n) is 11.0. The predicted molar refractivity (Wildman–Crippen MR) is 135 cm³/mol. The van der Waals surface area contributed by atoms with Crippen molar-refractivity contribution in [3.05, 3.63) is 69.8 Å². The lowest BCUT2D eigenvalue weighted by molar-refractivity contribution is -0.384. The second-order valence-electron chi connectivity index (χ2n) is 8.53. The third-order valence-corrected chi connectivity index (χ3v) is 9.11. The minimum Gasteiger partial charge on any atom is -0.497 e. The lowest BCUT2D eigenvalue weighted by atomic mass is 9.81. The summed E-state index contributed by atoms with van der Waals surface area (Å²) in [5, 5.41) is 12.6. The van der Waals surface area contributed by atoms with Crippen LogP contribution in [0.5, 0.6) is 5.75 Å². The van der Waals surface area contributed by atoms with Gasteiger partial charge in [0.1, 0.15) is 12.3 Å². The van der Waals surface area contributed by atoms with Crippen LogP contribution in [0.15, 0.2) is 48.5 Å². The molecule has 1 saturated carbocycles. The Labute approximate surface area is 222 Å². The molecule has 0 N–H and O–H groups in total. The summed E-state index contributed by atoms with van der Waals surface area (Å²) in [5.74, 6) is -3.25. The first-order chi connectivity index (χ1) is 17.1. The number of nitro groups is 1. The molecule has 1 aliphatic carbocycles. The zero-order valence-electron chi connectivity index (χ0n) is 19.0. The van der Waals surface area contributed by atoms with Gasteiger partial charge < -0.3 is 4.74 Å². The summed E-state index contributed by atoms with van der Waals surface area (Å²) >= 11 is 7.07. The van der Waals surface area contributed by atoms with Crippen LogP contribution in [0.1, 0.15) is 33.6 Å². The molecule has 0 radical (unpaired) electrons. The van der Waals surface area contributed by atoms with Crippen LogP contribution < -0.4 is 4.74 Å². The zero-order valence-corrected chi connectivity index (χ0v) is 22.2. The molecule has 0 unspecified atom stereocenters. The Morgan fingerprint density at radius 3 is 2.14 bits per heavy atom. The molecule has 2 fully saturated rings. The number of ether oxygens (including phenoxy) is 1. The number of hydrogen-bond donors (Lipinski definition) is 0. The van der Waals surface area contributed by atoms with Crippen molar-refractivity contribution in [1.82, 2.24) is 10.0 Å². The van der Waals surface area contributed by atoms with Crippen LogP contribution >= 0.6 is 31.9 Å². The van der Waals surface area contributed by atoms with Gasteiger partial charge in [-0.25, -0.2) is 5.01 Å². The summed E-state index contributed by atoms with van der Waals surface area (Å²) in [6.07, 6.45) is 0.788. The number of ketones is 1. The largest absolute Gasteiger partial charge is 0.497 e. The third-order valence-electron chi connectivity index (χ3n) is 6.37. The van der Waals surface area contributed by atoms with E-state index in [0.717, 1.165) is 22.2 Å². The fraction of sp³-hybridized carbons (Fsp3) is 0.333.